The molecule has 1 atom stereocenters. The number of nitrogens with zero attached hydrogens (tertiary/aromatic N) is 2. The van der Waals surface area contributed by atoms with E-state index in [1.807, 2.05) is 30.3 Å². The SMILES string of the molecule is CC1C=CC(C#N)=CN1C. The molecule has 52 valence electrons. The Morgan fingerprint density at radius 3 is 2.90 bits per heavy atom. The van der Waals surface area contributed by atoms with E-state index in [1.165, 1.54) is 0 Å². The van der Waals surface area contributed by atoms with Gasteiger partial charge in [-0.25, -0.2) is 0 Å². The molecule has 0 aromatic heterocycles. The van der Waals surface area contributed by atoms with Gasteiger partial charge >= 0.3 is 0 Å². The van der Waals surface area contributed by atoms with Crippen molar-refractivity contribution in [2.24, 2.45) is 0 Å². The second-order valence-electron chi connectivity index (χ2n) is 2.46. The highest BCUT2D eigenvalue weighted by atomic mass is 15.1. The van der Waals surface area contributed by atoms with Crippen LogP contribution in [0.25, 0.3) is 0 Å². The maximum Gasteiger partial charge on any atom is 0.101 e. The Labute approximate surface area is 61.1 Å². The minimum atomic E-state index is 0.414. The van der Waals surface area contributed by atoms with Gasteiger partial charge in [0.2, 0.25) is 0 Å². The van der Waals surface area contributed by atoms with E-state index in [9.17, 15) is 0 Å². The van der Waals surface area contributed by atoms with Crippen molar-refractivity contribution in [2.75, 3.05) is 7.05 Å². The fraction of sp³-hybridized carbons (Fsp3) is 0.375. The van der Waals surface area contributed by atoms with E-state index < -0.39 is 0 Å². The van der Waals surface area contributed by atoms with Crippen molar-refractivity contribution < 1.29 is 0 Å². The number of hydrogen-bond acceptors (Lipinski definition) is 2. The third kappa shape index (κ3) is 1.19. The molecule has 1 unspecified atom stereocenters. The van der Waals surface area contributed by atoms with Crippen LogP contribution in [0.15, 0.2) is 23.9 Å². The van der Waals surface area contributed by atoms with Crippen molar-refractivity contribution in [1.82, 2.24) is 4.90 Å². The van der Waals surface area contributed by atoms with Crippen LogP contribution in [0.3, 0.4) is 0 Å². The van der Waals surface area contributed by atoms with Crippen LogP contribution in [-0.4, -0.2) is 18.0 Å². The van der Waals surface area contributed by atoms with Gasteiger partial charge in [-0.1, -0.05) is 6.08 Å². The van der Waals surface area contributed by atoms with Gasteiger partial charge in [-0.05, 0) is 13.0 Å². The molecule has 1 heterocycles. The van der Waals surface area contributed by atoms with Crippen molar-refractivity contribution in [2.45, 2.75) is 13.0 Å². The molecule has 0 amide bonds. The Morgan fingerprint density at radius 1 is 1.70 bits per heavy atom. The van der Waals surface area contributed by atoms with E-state index >= 15 is 0 Å². The van der Waals surface area contributed by atoms with Crippen molar-refractivity contribution in [3.8, 4) is 6.07 Å². The van der Waals surface area contributed by atoms with Crippen LogP contribution in [-0.2, 0) is 0 Å². The highest BCUT2D eigenvalue weighted by molar-refractivity contribution is 5.35. The second kappa shape index (κ2) is 2.57. The second-order valence-corrected chi connectivity index (χ2v) is 2.46. The standard InChI is InChI=1S/C8H10N2/c1-7-3-4-8(5-9)6-10(7)2/h3-4,6-7H,1-2H3. The first-order valence-electron chi connectivity index (χ1n) is 3.26. The van der Waals surface area contributed by atoms with Crippen molar-refractivity contribution >= 4 is 0 Å². The molecule has 0 fully saturated rings. The van der Waals surface area contributed by atoms with Gasteiger partial charge < -0.3 is 4.90 Å². The zero-order chi connectivity index (χ0) is 7.56. The molecule has 2 heteroatoms. The normalized spacial score (nSPS) is 23.9. The van der Waals surface area contributed by atoms with Crippen molar-refractivity contribution in [1.29, 1.82) is 5.26 Å². The number of hydrogen-bond donors (Lipinski definition) is 0. The van der Waals surface area contributed by atoms with Crippen LogP contribution in [0.1, 0.15) is 6.92 Å². The summed E-state index contributed by atoms with van der Waals surface area (Å²) in [6, 6.07) is 2.50. The fourth-order valence-corrected chi connectivity index (χ4v) is 0.825. The van der Waals surface area contributed by atoms with Crippen molar-refractivity contribution in [3.05, 3.63) is 23.9 Å². The van der Waals surface area contributed by atoms with Gasteiger partial charge in [0.05, 0.1) is 5.57 Å². The summed E-state index contributed by atoms with van der Waals surface area (Å²) in [5, 5.41) is 8.50. The molecule has 2 nitrogen and oxygen atoms in total. The molecular weight excluding hydrogens is 124 g/mol. The summed E-state index contributed by atoms with van der Waals surface area (Å²) >= 11 is 0. The first kappa shape index (κ1) is 6.88. The number of nitriles is 1. The monoisotopic (exact) mass is 134 g/mol. The molecule has 1 aliphatic rings. The zero-order valence-electron chi connectivity index (χ0n) is 6.20. The molecule has 1 aliphatic heterocycles. The lowest BCUT2D eigenvalue weighted by Crippen LogP contribution is -2.23. The summed E-state index contributed by atoms with van der Waals surface area (Å²) in [6.07, 6.45) is 5.72. The summed E-state index contributed by atoms with van der Waals surface area (Å²) in [6.45, 7) is 2.08. The zero-order valence-corrected chi connectivity index (χ0v) is 6.20. The van der Waals surface area contributed by atoms with Crippen LogP contribution in [0, 0.1) is 11.3 Å². The molecule has 1 rings (SSSR count). The van der Waals surface area contributed by atoms with Crippen LogP contribution >= 0.6 is 0 Å². The van der Waals surface area contributed by atoms with Crippen LogP contribution in [0.5, 0.6) is 0 Å². The Hall–Kier alpha value is -1.23. The van der Waals surface area contributed by atoms with Gasteiger partial charge in [0.15, 0.2) is 0 Å². The van der Waals surface area contributed by atoms with E-state index in [2.05, 4.69) is 13.0 Å². The minimum Gasteiger partial charge on any atom is -0.373 e. The minimum absolute atomic E-state index is 0.414. The average molecular weight is 134 g/mol. The summed E-state index contributed by atoms with van der Waals surface area (Å²) in [4.78, 5) is 2.01. The number of allylic oxidation sites excluding steroid dienone is 2. The maximum absolute atomic E-state index is 8.50. The summed E-state index contributed by atoms with van der Waals surface area (Å²) in [5.74, 6) is 0. The first-order valence-corrected chi connectivity index (χ1v) is 3.26. The molecule has 0 radical (unpaired) electrons. The Bertz CT molecular complexity index is 220. The van der Waals surface area contributed by atoms with Gasteiger partial charge in [0.1, 0.15) is 6.07 Å². The van der Waals surface area contributed by atoms with Crippen molar-refractivity contribution in [3.63, 3.8) is 0 Å². The predicted octanol–water partition coefficient (Wildman–Crippen LogP) is 1.28. The molecule has 10 heavy (non-hydrogen) atoms. The Balaban J connectivity index is 2.78. The van der Waals surface area contributed by atoms with E-state index in [0.29, 0.717) is 6.04 Å². The smallest absolute Gasteiger partial charge is 0.101 e. The van der Waals surface area contributed by atoms with Gasteiger partial charge in [-0.3, -0.25) is 0 Å². The van der Waals surface area contributed by atoms with Gasteiger partial charge in [-0.15, -0.1) is 0 Å². The van der Waals surface area contributed by atoms with Crippen LogP contribution in [0.4, 0.5) is 0 Å². The molecule has 0 aromatic rings. The predicted molar refractivity (Wildman–Crippen MR) is 40.1 cm³/mol. The largest absolute Gasteiger partial charge is 0.373 e. The topological polar surface area (TPSA) is 27.0 Å². The summed E-state index contributed by atoms with van der Waals surface area (Å²) in [5.41, 5.74) is 0.723. The molecule has 0 aromatic carbocycles. The molecule has 0 aliphatic carbocycles. The molecule has 0 saturated heterocycles. The fourth-order valence-electron chi connectivity index (χ4n) is 0.825. The molecule has 0 saturated carbocycles. The van der Waals surface area contributed by atoms with Gasteiger partial charge in [0.25, 0.3) is 0 Å². The highest BCUT2D eigenvalue weighted by Crippen LogP contribution is 2.09. The van der Waals surface area contributed by atoms with E-state index in [4.69, 9.17) is 5.26 Å². The lowest BCUT2D eigenvalue weighted by molar-refractivity contribution is 0.401. The highest BCUT2D eigenvalue weighted by Gasteiger charge is 2.06. The average Bonchev–Trinajstić information content (AvgIpc) is 1.95. The molecule has 0 N–H and O–H groups in total. The summed E-state index contributed by atoms with van der Waals surface area (Å²) in [7, 11) is 1.96. The number of rotatable bonds is 0. The van der Waals surface area contributed by atoms with Crippen LogP contribution in [0.2, 0.25) is 0 Å². The third-order valence-electron chi connectivity index (χ3n) is 1.67. The van der Waals surface area contributed by atoms with E-state index in [-0.39, 0.29) is 0 Å². The summed E-state index contributed by atoms with van der Waals surface area (Å²) < 4.78 is 0. The van der Waals surface area contributed by atoms with Gasteiger partial charge in [0, 0.05) is 19.3 Å². The lowest BCUT2D eigenvalue weighted by atomic mass is 10.1. The number of likely N-dealkylation sites (N-methyl/N-ethyl adjacent to an activating group) is 1. The van der Waals surface area contributed by atoms with Gasteiger partial charge in [-0.2, -0.15) is 5.26 Å². The Morgan fingerprint density at radius 2 is 2.40 bits per heavy atom. The first-order chi connectivity index (χ1) is 4.74. The molecule has 0 bridgehead atoms. The maximum atomic E-state index is 8.50. The van der Waals surface area contributed by atoms with E-state index in [0.717, 1.165) is 5.57 Å². The van der Waals surface area contributed by atoms with Crippen LogP contribution < -0.4 is 0 Å². The third-order valence-corrected chi connectivity index (χ3v) is 1.67. The lowest BCUT2D eigenvalue weighted by Gasteiger charge is -2.22. The Kier molecular flexibility index (Phi) is 1.77. The molecular formula is C8H10N2. The quantitative estimate of drug-likeness (QED) is 0.499. The molecule has 0 spiro atoms. The van der Waals surface area contributed by atoms with E-state index in [1.54, 1.807) is 0 Å².